The van der Waals surface area contributed by atoms with E-state index in [1.165, 1.54) is 0 Å². The van der Waals surface area contributed by atoms with Gasteiger partial charge in [0.05, 0.1) is 15.7 Å². The lowest BCUT2D eigenvalue weighted by Crippen LogP contribution is -2.02. The maximum atomic E-state index is 4.87. The molecule has 0 atom stereocenters. The van der Waals surface area contributed by atoms with Crippen LogP contribution in [-0.4, -0.2) is 15.8 Å². The van der Waals surface area contributed by atoms with Gasteiger partial charge in [-0.2, -0.15) is 0 Å². The lowest BCUT2D eigenvalue weighted by atomic mass is 10.3. The van der Waals surface area contributed by atoms with Crippen molar-refractivity contribution in [1.29, 1.82) is 0 Å². The summed E-state index contributed by atoms with van der Waals surface area (Å²) in [6.07, 6.45) is 0. The van der Waals surface area contributed by atoms with E-state index in [1.807, 2.05) is 74.5 Å². The summed E-state index contributed by atoms with van der Waals surface area (Å²) in [7, 11) is 0. The van der Waals surface area contributed by atoms with Crippen molar-refractivity contribution in [1.82, 2.24) is 0 Å². The Labute approximate surface area is 143 Å². The Balaban J connectivity index is 0.000000224. The van der Waals surface area contributed by atoms with Gasteiger partial charge in [0.1, 0.15) is 0 Å². The Morgan fingerprint density at radius 1 is 1.00 bits per heavy atom. The third-order valence-electron chi connectivity index (χ3n) is 2.49. The molecule has 2 aromatic rings. The Kier molecular flexibility index (Phi) is 9.19. The zero-order valence-electron chi connectivity index (χ0n) is 13.2. The molecular formula is C18H22N2S2. The third-order valence-corrected chi connectivity index (χ3v) is 3.39. The van der Waals surface area contributed by atoms with Crippen LogP contribution in [0.5, 0.6) is 0 Å². The first-order chi connectivity index (χ1) is 10.6. The van der Waals surface area contributed by atoms with E-state index < -0.39 is 0 Å². The maximum Gasteiger partial charge on any atom is 0.0765 e. The largest absolute Gasteiger partial charge is 0.350 e. The van der Waals surface area contributed by atoms with E-state index in [9.17, 15) is 0 Å². The highest BCUT2D eigenvalue weighted by atomic mass is 32.2. The molecule has 0 aliphatic carbocycles. The lowest BCUT2D eigenvalue weighted by Gasteiger charge is -2.00. The number of thiocarbonyl (C=S) groups is 1. The molecule has 0 heterocycles. The van der Waals surface area contributed by atoms with E-state index in [4.69, 9.17) is 12.2 Å². The molecule has 2 nitrogen and oxygen atoms in total. The molecule has 116 valence electrons. The van der Waals surface area contributed by atoms with Crippen molar-refractivity contribution in [2.45, 2.75) is 20.8 Å². The minimum atomic E-state index is 0.797. The summed E-state index contributed by atoms with van der Waals surface area (Å²) < 4.78 is 0. The molecule has 22 heavy (non-hydrogen) atoms. The fourth-order valence-corrected chi connectivity index (χ4v) is 2.36. The molecule has 0 amide bonds. The number of para-hydroxylation sites is 2. The summed E-state index contributed by atoms with van der Waals surface area (Å²) in [5.41, 5.74) is 2.09. The highest BCUT2D eigenvalue weighted by molar-refractivity contribution is 8.13. The average Bonchev–Trinajstić information content (AvgIpc) is 2.49. The van der Waals surface area contributed by atoms with Gasteiger partial charge in [0, 0.05) is 5.69 Å². The Hall–Kier alpha value is -1.65. The number of hydrogen-bond donors (Lipinski definition) is 1. The zero-order valence-corrected chi connectivity index (χ0v) is 14.9. The van der Waals surface area contributed by atoms with Crippen LogP contribution < -0.4 is 5.32 Å². The second-order valence-corrected chi connectivity index (χ2v) is 6.52. The quantitative estimate of drug-likeness (QED) is 0.428. The van der Waals surface area contributed by atoms with Crippen molar-refractivity contribution < 1.29 is 0 Å². The maximum absolute atomic E-state index is 4.87. The molecule has 2 rings (SSSR count). The van der Waals surface area contributed by atoms with Crippen LogP contribution in [0.4, 0.5) is 11.4 Å². The number of anilines is 1. The van der Waals surface area contributed by atoms with Gasteiger partial charge in [-0.25, -0.2) is 4.99 Å². The topological polar surface area (TPSA) is 24.4 Å². The molecule has 0 aliphatic heterocycles. The molecule has 0 aromatic heterocycles. The Bertz CT molecular complexity index is 581. The van der Waals surface area contributed by atoms with Crippen LogP contribution in [0.25, 0.3) is 0 Å². The van der Waals surface area contributed by atoms with E-state index in [0.717, 1.165) is 27.2 Å². The molecule has 2 aromatic carbocycles. The summed E-state index contributed by atoms with van der Waals surface area (Å²) >= 11 is 6.64. The van der Waals surface area contributed by atoms with Gasteiger partial charge in [-0.15, -0.1) is 11.8 Å². The molecule has 1 N–H and O–H groups in total. The summed E-state index contributed by atoms with van der Waals surface area (Å²) in [4.78, 5) is 5.23. The van der Waals surface area contributed by atoms with Crippen LogP contribution >= 0.6 is 24.0 Å². The van der Waals surface area contributed by atoms with Crippen molar-refractivity contribution in [2.24, 2.45) is 4.99 Å². The average molecular weight is 331 g/mol. The highest BCUT2D eigenvalue weighted by Gasteiger charge is 1.90. The van der Waals surface area contributed by atoms with Gasteiger partial charge in [-0.3, -0.25) is 0 Å². The fraction of sp³-hybridized carbons (Fsp3) is 0.222. The van der Waals surface area contributed by atoms with Gasteiger partial charge in [-0.05, 0) is 43.9 Å². The van der Waals surface area contributed by atoms with Crippen molar-refractivity contribution in [2.75, 3.05) is 11.1 Å². The molecule has 0 aliphatic rings. The van der Waals surface area contributed by atoms with Crippen LogP contribution in [0.1, 0.15) is 20.8 Å². The van der Waals surface area contributed by atoms with Crippen LogP contribution in [0.15, 0.2) is 65.7 Å². The molecular weight excluding hydrogens is 308 g/mol. The molecule has 4 heteroatoms. The van der Waals surface area contributed by atoms with Crippen molar-refractivity contribution in [3.63, 3.8) is 0 Å². The number of hydrogen-bond acceptors (Lipinski definition) is 3. The molecule has 0 radical (unpaired) electrons. The van der Waals surface area contributed by atoms with Crippen LogP contribution in [0.2, 0.25) is 0 Å². The van der Waals surface area contributed by atoms with E-state index in [-0.39, 0.29) is 0 Å². The van der Waals surface area contributed by atoms with Crippen molar-refractivity contribution >= 4 is 45.4 Å². The highest BCUT2D eigenvalue weighted by Crippen LogP contribution is 2.13. The summed E-state index contributed by atoms with van der Waals surface area (Å²) in [6, 6.07) is 19.9. The number of rotatable bonds is 3. The smallest absolute Gasteiger partial charge is 0.0765 e. The lowest BCUT2D eigenvalue weighted by molar-refractivity contribution is 1.51. The van der Waals surface area contributed by atoms with Crippen LogP contribution in [-0.2, 0) is 0 Å². The third kappa shape index (κ3) is 8.60. The standard InChI is InChI=1S/C10H13NS.C8H9NS/c1-3-12-9(2)11-10-7-5-4-6-8-10;1-7(10)9-8-5-3-2-4-6-8/h4-8H,3H2,1-2H3;2-6H,1H3,(H,9,10). The summed E-state index contributed by atoms with van der Waals surface area (Å²) in [6.45, 7) is 6.04. The van der Waals surface area contributed by atoms with Crippen LogP contribution in [0, 0.1) is 0 Å². The minimum Gasteiger partial charge on any atom is -0.350 e. The molecule has 0 bridgehead atoms. The second-order valence-electron chi connectivity index (χ2n) is 4.45. The minimum absolute atomic E-state index is 0.797. The van der Waals surface area contributed by atoms with Gasteiger partial charge < -0.3 is 5.32 Å². The normalized spacial score (nSPS) is 10.4. The number of nitrogens with zero attached hydrogens (tertiary/aromatic N) is 1. The van der Waals surface area contributed by atoms with E-state index in [1.54, 1.807) is 11.8 Å². The van der Waals surface area contributed by atoms with Gasteiger partial charge in [-0.1, -0.05) is 55.5 Å². The first-order valence-electron chi connectivity index (χ1n) is 7.17. The van der Waals surface area contributed by atoms with Gasteiger partial charge in [0.15, 0.2) is 0 Å². The van der Waals surface area contributed by atoms with E-state index >= 15 is 0 Å². The molecule has 0 unspecified atom stereocenters. The summed E-state index contributed by atoms with van der Waals surface area (Å²) in [5.74, 6) is 1.09. The first kappa shape index (κ1) is 18.4. The predicted octanol–water partition coefficient (Wildman–Crippen LogP) is 5.94. The predicted molar refractivity (Wildman–Crippen MR) is 106 cm³/mol. The SMILES string of the molecule is CC(=S)Nc1ccccc1.CCSC(C)=Nc1ccccc1. The van der Waals surface area contributed by atoms with Crippen molar-refractivity contribution in [3.05, 3.63) is 60.7 Å². The fourth-order valence-electron chi connectivity index (χ4n) is 1.65. The van der Waals surface area contributed by atoms with Crippen molar-refractivity contribution in [3.8, 4) is 0 Å². The number of benzene rings is 2. The first-order valence-corrected chi connectivity index (χ1v) is 8.57. The van der Waals surface area contributed by atoms with Gasteiger partial charge >= 0.3 is 0 Å². The summed E-state index contributed by atoms with van der Waals surface area (Å²) in [5, 5.41) is 4.16. The van der Waals surface area contributed by atoms with E-state index in [2.05, 4.69) is 17.2 Å². The number of nitrogens with one attached hydrogen (secondary N) is 1. The Morgan fingerprint density at radius 3 is 2.05 bits per heavy atom. The zero-order chi connectivity index (χ0) is 16.2. The number of thioether (sulfide) groups is 1. The molecule has 0 saturated carbocycles. The molecule has 0 fully saturated rings. The Morgan fingerprint density at radius 2 is 1.55 bits per heavy atom. The van der Waals surface area contributed by atoms with E-state index in [0.29, 0.717) is 0 Å². The number of aliphatic imine (C=N–C) groups is 1. The molecule has 0 saturated heterocycles. The second kappa shape index (κ2) is 11.0. The van der Waals surface area contributed by atoms with Gasteiger partial charge in [0.2, 0.25) is 0 Å². The molecule has 0 spiro atoms. The monoisotopic (exact) mass is 330 g/mol. The van der Waals surface area contributed by atoms with Gasteiger partial charge in [0.25, 0.3) is 0 Å². The van der Waals surface area contributed by atoms with Crippen LogP contribution in [0.3, 0.4) is 0 Å².